The molecule has 19 heavy (non-hydrogen) atoms. The van der Waals surface area contributed by atoms with Gasteiger partial charge < -0.3 is 14.6 Å². The summed E-state index contributed by atoms with van der Waals surface area (Å²) in [4.78, 5) is 4.00. The van der Waals surface area contributed by atoms with Crippen molar-refractivity contribution in [3.8, 4) is 5.75 Å². The fourth-order valence-corrected chi connectivity index (χ4v) is 2.09. The molecule has 5 heteroatoms. The first-order valence-electron chi connectivity index (χ1n) is 6.46. The van der Waals surface area contributed by atoms with Crippen LogP contribution in [0.4, 0.5) is 0 Å². The van der Waals surface area contributed by atoms with Gasteiger partial charge in [0.25, 0.3) is 0 Å². The highest BCUT2D eigenvalue weighted by molar-refractivity contribution is 5.35. The molecule has 2 rings (SSSR count). The molecule has 1 unspecified atom stereocenters. The van der Waals surface area contributed by atoms with Gasteiger partial charge in [0, 0.05) is 24.6 Å². The number of hydrogen-bond acceptors (Lipinski definition) is 5. The van der Waals surface area contributed by atoms with Crippen LogP contribution >= 0.6 is 0 Å². The SMILES string of the molecule is CCC(NCCc1ncon1)c1ccccc1OC. The summed E-state index contributed by atoms with van der Waals surface area (Å²) in [6, 6.07) is 8.35. The minimum absolute atomic E-state index is 0.267. The summed E-state index contributed by atoms with van der Waals surface area (Å²) in [7, 11) is 1.70. The van der Waals surface area contributed by atoms with Crippen LogP contribution in [-0.2, 0) is 6.42 Å². The fourth-order valence-electron chi connectivity index (χ4n) is 2.09. The molecule has 0 aliphatic rings. The van der Waals surface area contributed by atoms with Gasteiger partial charge in [-0.2, -0.15) is 4.98 Å². The molecule has 102 valence electrons. The number of para-hydroxylation sites is 1. The normalized spacial score (nSPS) is 12.3. The van der Waals surface area contributed by atoms with Crippen molar-refractivity contribution >= 4 is 0 Å². The Morgan fingerprint density at radius 1 is 1.37 bits per heavy atom. The van der Waals surface area contributed by atoms with Crippen molar-refractivity contribution in [2.24, 2.45) is 0 Å². The van der Waals surface area contributed by atoms with Crippen molar-refractivity contribution in [2.45, 2.75) is 25.8 Å². The van der Waals surface area contributed by atoms with Gasteiger partial charge in [0.1, 0.15) is 5.75 Å². The van der Waals surface area contributed by atoms with Gasteiger partial charge >= 0.3 is 0 Å². The van der Waals surface area contributed by atoms with Crippen molar-refractivity contribution in [2.75, 3.05) is 13.7 Å². The van der Waals surface area contributed by atoms with E-state index in [2.05, 4.69) is 28.4 Å². The van der Waals surface area contributed by atoms with Gasteiger partial charge in [0.2, 0.25) is 6.39 Å². The Labute approximate surface area is 113 Å². The Hall–Kier alpha value is -1.88. The minimum Gasteiger partial charge on any atom is -0.496 e. The third kappa shape index (κ3) is 3.54. The zero-order valence-electron chi connectivity index (χ0n) is 11.3. The predicted octanol–water partition coefficient (Wildman–Crippen LogP) is 2.36. The van der Waals surface area contributed by atoms with E-state index in [1.807, 2.05) is 18.2 Å². The third-order valence-electron chi connectivity index (χ3n) is 3.07. The second-order valence-corrected chi connectivity index (χ2v) is 4.25. The molecule has 5 nitrogen and oxygen atoms in total. The highest BCUT2D eigenvalue weighted by Crippen LogP contribution is 2.26. The Kier molecular flexibility index (Phi) is 4.92. The molecule has 0 amide bonds. The maximum atomic E-state index is 5.40. The molecule has 1 aromatic carbocycles. The largest absolute Gasteiger partial charge is 0.496 e. The summed E-state index contributed by atoms with van der Waals surface area (Å²) >= 11 is 0. The van der Waals surface area contributed by atoms with E-state index in [0.29, 0.717) is 0 Å². The molecule has 1 atom stereocenters. The second-order valence-electron chi connectivity index (χ2n) is 4.25. The van der Waals surface area contributed by atoms with E-state index in [0.717, 1.165) is 31.0 Å². The Morgan fingerprint density at radius 3 is 2.89 bits per heavy atom. The lowest BCUT2D eigenvalue weighted by molar-refractivity contribution is 0.395. The molecule has 0 radical (unpaired) electrons. The first-order chi connectivity index (χ1) is 9.35. The van der Waals surface area contributed by atoms with Crippen molar-refractivity contribution in [3.05, 3.63) is 42.0 Å². The Balaban J connectivity index is 1.95. The van der Waals surface area contributed by atoms with Crippen LogP contribution < -0.4 is 10.1 Å². The van der Waals surface area contributed by atoms with Crippen LogP contribution in [0.25, 0.3) is 0 Å². The van der Waals surface area contributed by atoms with E-state index in [4.69, 9.17) is 9.26 Å². The second kappa shape index (κ2) is 6.89. The number of benzene rings is 1. The van der Waals surface area contributed by atoms with Crippen LogP contribution in [0.3, 0.4) is 0 Å². The highest BCUT2D eigenvalue weighted by atomic mass is 16.5. The van der Waals surface area contributed by atoms with E-state index in [-0.39, 0.29) is 6.04 Å². The molecule has 0 fully saturated rings. The van der Waals surface area contributed by atoms with Gasteiger partial charge in [-0.3, -0.25) is 0 Å². The van der Waals surface area contributed by atoms with Crippen LogP contribution in [0.5, 0.6) is 5.75 Å². The van der Waals surface area contributed by atoms with E-state index in [1.165, 1.54) is 12.0 Å². The van der Waals surface area contributed by atoms with Gasteiger partial charge in [0.05, 0.1) is 7.11 Å². The van der Waals surface area contributed by atoms with Crippen molar-refractivity contribution in [3.63, 3.8) is 0 Å². The molecule has 0 saturated heterocycles. The molecular formula is C14H19N3O2. The lowest BCUT2D eigenvalue weighted by Gasteiger charge is -2.19. The number of nitrogens with zero attached hydrogens (tertiary/aromatic N) is 2. The van der Waals surface area contributed by atoms with Crippen molar-refractivity contribution in [1.29, 1.82) is 0 Å². The molecule has 1 N–H and O–H groups in total. The standard InChI is InChI=1S/C14H19N3O2/c1-3-12(11-6-4-5-7-13(11)18-2)15-9-8-14-16-10-19-17-14/h4-7,10,12,15H,3,8-9H2,1-2H3. The summed E-state index contributed by atoms with van der Waals surface area (Å²) in [5.41, 5.74) is 1.18. The zero-order valence-corrected chi connectivity index (χ0v) is 11.3. The topological polar surface area (TPSA) is 60.2 Å². The van der Waals surface area contributed by atoms with E-state index in [1.54, 1.807) is 7.11 Å². The van der Waals surface area contributed by atoms with Crippen LogP contribution in [-0.4, -0.2) is 23.8 Å². The van der Waals surface area contributed by atoms with Crippen LogP contribution in [0.1, 0.15) is 30.8 Å². The monoisotopic (exact) mass is 261 g/mol. The lowest BCUT2D eigenvalue weighted by Crippen LogP contribution is -2.24. The fraction of sp³-hybridized carbons (Fsp3) is 0.429. The van der Waals surface area contributed by atoms with Crippen molar-refractivity contribution < 1.29 is 9.26 Å². The number of rotatable bonds is 7. The van der Waals surface area contributed by atoms with Gasteiger partial charge in [-0.1, -0.05) is 30.3 Å². The van der Waals surface area contributed by atoms with Crippen molar-refractivity contribution in [1.82, 2.24) is 15.5 Å². The number of ether oxygens (including phenoxy) is 1. The smallest absolute Gasteiger partial charge is 0.213 e. The maximum Gasteiger partial charge on any atom is 0.213 e. The molecule has 0 spiro atoms. The van der Waals surface area contributed by atoms with E-state index >= 15 is 0 Å². The van der Waals surface area contributed by atoms with Crippen LogP contribution in [0.2, 0.25) is 0 Å². The Bertz CT molecular complexity index is 485. The average molecular weight is 261 g/mol. The van der Waals surface area contributed by atoms with Gasteiger partial charge in [-0.25, -0.2) is 0 Å². The number of methoxy groups -OCH3 is 1. The summed E-state index contributed by atoms with van der Waals surface area (Å²) < 4.78 is 10.1. The predicted molar refractivity (Wildman–Crippen MR) is 72.0 cm³/mol. The molecule has 0 bridgehead atoms. The Morgan fingerprint density at radius 2 is 2.21 bits per heavy atom. The van der Waals surface area contributed by atoms with Crippen LogP contribution in [0.15, 0.2) is 35.2 Å². The molecule has 0 saturated carbocycles. The van der Waals surface area contributed by atoms with E-state index < -0.39 is 0 Å². The summed E-state index contributed by atoms with van der Waals surface area (Å²) in [5, 5.41) is 7.29. The maximum absolute atomic E-state index is 5.40. The molecule has 1 aromatic heterocycles. The summed E-state index contributed by atoms with van der Waals surface area (Å²) in [6.07, 6.45) is 3.10. The van der Waals surface area contributed by atoms with Gasteiger partial charge in [-0.05, 0) is 12.5 Å². The molecule has 0 aliphatic carbocycles. The summed E-state index contributed by atoms with van der Waals surface area (Å²) in [6.45, 7) is 2.95. The third-order valence-corrected chi connectivity index (χ3v) is 3.07. The number of hydrogen-bond donors (Lipinski definition) is 1. The first-order valence-corrected chi connectivity index (χ1v) is 6.46. The molecule has 2 aromatic rings. The lowest BCUT2D eigenvalue weighted by atomic mass is 10.0. The number of aromatic nitrogens is 2. The minimum atomic E-state index is 0.267. The molecular weight excluding hydrogens is 242 g/mol. The average Bonchev–Trinajstić information content (AvgIpc) is 2.97. The molecule has 1 heterocycles. The summed E-state index contributed by atoms with van der Waals surface area (Å²) in [5.74, 6) is 1.64. The van der Waals surface area contributed by atoms with E-state index in [9.17, 15) is 0 Å². The molecule has 0 aliphatic heterocycles. The first kappa shape index (κ1) is 13.5. The zero-order chi connectivity index (χ0) is 13.5. The highest BCUT2D eigenvalue weighted by Gasteiger charge is 2.13. The number of nitrogens with one attached hydrogen (secondary N) is 1. The quantitative estimate of drug-likeness (QED) is 0.829. The van der Waals surface area contributed by atoms with Gasteiger partial charge in [0.15, 0.2) is 5.82 Å². The van der Waals surface area contributed by atoms with Crippen LogP contribution in [0, 0.1) is 0 Å². The van der Waals surface area contributed by atoms with Gasteiger partial charge in [-0.15, -0.1) is 0 Å².